The van der Waals surface area contributed by atoms with Gasteiger partial charge in [0.25, 0.3) is 11.8 Å². The summed E-state index contributed by atoms with van der Waals surface area (Å²) < 4.78 is 11.5. The minimum Gasteiger partial charge on any atom is -0.490 e. The highest BCUT2D eigenvalue weighted by Crippen LogP contribution is 2.37. The van der Waals surface area contributed by atoms with Crippen LogP contribution in [0.25, 0.3) is 0 Å². The van der Waals surface area contributed by atoms with Crippen LogP contribution in [0.3, 0.4) is 0 Å². The zero-order chi connectivity index (χ0) is 22.2. The fourth-order valence-corrected chi connectivity index (χ4v) is 3.74. The number of benzene rings is 2. The molecule has 0 spiro atoms. The molecule has 1 aliphatic rings. The Morgan fingerprint density at radius 2 is 1.52 bits per heavy atom. The van der Waals surface area contributed by atoms with Crippen molar-refractivity contribution in [3.8, 4) is 11.5 Å². The van der Waals surface area contributed by atoms with Crippen LogP contribution >= 0.6 is 11.6 Å². The number of unbranched alkanes of at least 4 members (excludes halogenated alkanes) is 1. The number of amides is 2. The maximum Gasteiger partial charge on any atom is 0.254 e. The van der Waals surface area contributed by atoms with Crippen molar-refractivity contribution in [1.29, 1.82) is 0 Å². The molecule has 0 aliphatic carbocycles. The van der Waals surface area contributed by atoms with Crippen molar-refractivity contribution < 1.29 is 19.1 Å². The first-order valence-corrected chi connectivity index (χ1v) is 11.2. The van der Waals surface area contributed by atoms with Crippen molar-refractivity contribution in [2.75, 3.05) is 39.4 Å². The summed E-state index contributed by atoms with van der Waals surface area (Å²) in [6.45, 7) is 6.86. The number of rotatable bonds is 8. The Morgan fingerprint density at radius 1 is 0.903 bits per heavy atom. The lowest BCUT2D eigenvalue weighted by atomic mass is 10.1. The van der Waals surface area contributed by atoms with E-state index < -0.39 is 0 Å². The van der Waals surface area contributed by atoms with Gasteiger partial charge in [0.1, 0.15) is 0 Å². The fraction of sp³-hybridized carbons (Fsp3) is 0.417. The largest absolute Gasteiger partial charge is 0.490 e. The van der Waals surface area contributed by atoms with E-state index in [0.29, 0.717) is 67.0 Å². The van der Waals surface area contributed by atoms with Crippen LogP contribution in [0, 0.1) is 0 Å². The van der Waals surface area contributed by atoms with Gasteiger partial charge in [0, 0.05) is 37.3 Å². The average molecular weight is 445 g/mol. The summed E-state index contributed by atoms with van der Waals surface area (Å²) in [5.74, 6) is 0.817. The van der Waals surface area contributed by atoms with Crippen LogP contribution in [0.4, 0.5) is 0 Å². The van der Waals surface area contributed by atoms with E-state index >= 15 is 0 Å². The minimum atomic E-state index is -0.130. The molecular formula is C24H29ClN2O4. The molecule has 0 radical (unpaired) electrons. The standard InChI is InChI=1S/C24H29ClN2O4/c1-3-5-15-31-22-20(25)16-19(17-21(22)30-4-2)24(29)27-13-11-26(12-14-27)23(28)18-9-7-6-8-10-18/h6-10,16-17H,3-5,11-15H2,1-2H3. The SMILES string of the molecule is CCCCOc1c(Cl)cc(C(=O)N2CCN(C(=O)c3ccccc3)CC2)cc1OCC. The van der Waals surface area contributed by atoms with Crippen molar-refractivity contribution in [2.45, 2.75) is 26.7 Å². The molecule has 0 saturated carbocycles. The van der Waals surface area contributed by atoms with Gasteiger partial charge in [-0.2, -0.15) is 0 Å². The first-order chi connectivity index (χ1) is 15.0. The molecule has 2 aromatic carbocycles. The number of piperazine rings is 1. The molecule has 2 amide bonds. The lowest BCUT2D eigenvalue weighted by molar-refractivity contribution is 0.0535. The summed E-state index contributed by atoms with van der Waals surface area (Å²) in [6.07, 6.45) is 1.92. The molecular weight excluding hydrogens is 416 g/mol. The molecule has 3 rings (SSSR count). The van der Waals surface area contributed by atoms with Crippen molar-refractivity contribution >= 4 is 23.4 Å². The van der Waals surface area contributed by atoms with Gasteiger partial charge < -0.3 is 19.3 Å². The molecule has 1 saturated heterocycles. The van der Waals surface area contributed by atoms with Crippen LogP contribution in [-0.2, 0) is 0 Å². The quantitative estimate of drug-likeness (QED) is 0.562. The van der Waals surface area contributed by atoms with Crippen LogP contribution in [0.2, 0.25) is 5.02 Å². The van der Waals surface area contributed by atoms with E-state index in [1.165, 1.54) is 0 Å². The summed E-state index contributed by atoms with van der Waals surface area (Å²) >= 11 is 6.44. The molecule has 0 bridgehead atoms. The molecule has 0 aromatic heterocycles. The van der Waals surface area contributed by atoms with Crippen LogP contribution in [-0.4, -0.2) is 61.0 Å². The number of carbonyl (C=O) groups is 2. The van der Waals surface area contributed by atoms with E-state index in [1.54, 1.807) is 34.1 Å². The summed E-state index contributed by atoms with van der Waals surface area (Å²) in [5.41, 5.74) is 1.12. The predicted molar refractivity (Wildman–Crippen MR) is 121 cm³/mol. The maximum atomic E-state index is 13.1. The highest BCUT2D eigenvalue weighted by molar-refractivity contribution is 6.32. The predicted octanol–water partition coefficient (Wildman–Crippen LogP) is 4.52. The van der Waals surface area contributed by atoms with E-state index in [1.807, 2.05) is 25.1 Å². The molecule has 0 unspecified atom stereocenters. The smallest absolute Gasteiger partial charge is 0.254 e. The average Bonchev–Trinajstić information content (AvgIpc) is 2.80. The highest BCUT2D eigenvalue weighted by atomic mass is 35.5. The van der Waals surface area contributed by atoms with E-state index in [4.69, 9.17) is 21.1 Å². The van der Waals surface area contributed by atoms with Crippen molar-refractivity contribution in [3.05, 3.63) is 58.6 Å². The second-order valence-corrected chi connectivity index (χ2v) is 7.78. The Balaban J connectivity index is 1.68. The molecule has 31 heavy (non-hydrogen) atoms. The number of halogens is 1. The summed E-state index contributed by atoms with van der Waals surface area (Å²) in [5, 5.41) is 0.364. The molecule has 1 heterocycles. The molecule has 0 atom stereocenters. The molecule has 6 nitrogen and oxygen atoms in total. The normalized spacial score (nSPS) is 13.8. The Hall–Kier alpha value is -2.73. The van der Waals surface area contributed by atoms with Gasteiger partial charge in [0.05, 0.1) is 18.2 Å². The molecule has 166 valence electrons. The van der Waals surface area contributed by atoms with Gasteiger partial charge >= 0.3 is 0 Å². The lowest BCUT2D eigenvalue weighted by Gasteiger charge is -2.35. The second-order valence-electron chi connectivity index (χ2n) is 7.37. The van der Waals surface area contributed by atoms with Gasteiger partial charge in [-0.15, -0.1) is 0 Å². The second kappa shape index (κ2) is 11.0. The summed E-state index contributed by atoms with van der Waals surface area (Å²) in [6, 6.07) is 12.5. The number of hydrogen-bond acceptors (Lipinski definition) is 4. The molecule has 1 aliphatic heterocycles. The zero-order valence-electron chi connectivity index (χ0n) is 18.1. The van der Waals surface area contributed by atoms with Crippen LogP contribution < -0.4 is 9.47 Å². The number of nitrogens with zero attached hydrogens (tertiary/aromatic N) is 2. The zero-order valence-corrected chi connectivity index (χ0v) is 18.9. The van der Waals surface area contributed by atoms with Gasteiger partial charge in [0.2, 0.25) is 0 Å². The molecule has 0 N–H and O–H groups in total. The third-order valence-corrected chi connectivity index (χ3v) is 5.46. The topological polar surface area (TPSA) is 59.1 Å². The molecule has 2 aromatic rings. The summed E-state index contributed by atoms with van der Waals surface area (Å²) in [7, 11) is 0. The van der Waals surface area contributed by atoms with Gasteiger partial charge in [0.15, 0.2) is 11.5 Å². The van der Waals surface area contributed by atoms with Crippen molar-refractivity contribution in [1.82, 2.24) is 9.80 Å². The Morgan fingerprint density at radius 3 is 2.10 bits per heavy atom. The van der Waals surface area contributed by atoms with Gasteiger partial charge in [-0.1, -0.05) is 43.1 Å². The molecule has 7 heteroatoms. The number of hydrogen-bond donors (Lipinski definition) is 0. The van der Waals surface area contributed by atoms with E-state index in [2.05, 4.69) is 6.92 Å². The van der Waals surface area contributed by atoms with E-state index in [0.717, 1.165) is 12.8 Å². The molecule has 1 fully saturated rings. The van der Waals surface area contributed by atoms with Crippen molar-refractivity contribution in [2.24, 2.45) is 0 Å². The maximum absolute atomic E-state index is 13.1. The Bertz CT molecular complexity index is 896. The monoisotopic (exact) mass is 444 g/mol. The van der Waals surface area contributed by atoms with E-state index in [-0.39, 0.29) is 11.8 Å². The van der Waals surface area contributed by atoms with Crippen LogP contribution in [0.5, 0.6) is 11.5 Å². The van der Waals surface area contributed by atoms with Gasteiger partial charge in [-0.05, 0) is 37.6 Å². The first-order valence-electron chi connectivity index (χ1n) is 10.8. The Kier molecular flexibility index (Phi) is 8.18. The Labute approximate surface area is 188 Å². The third-order valence-electron chi connectivity index (χ3n) is 5.18. The van der Waals surface area contributed by atoms with Gasteiger partial charge in [-0.3, -0.25) is 9.59 Å². The van der Waals surface area contributed by atoms with Crippen LogP contribution in [0.15, 0.2) is 42.5 Å². The lowest BCUT2D eigenvalue weighted by Crippen LogP contribution is -2.50. The first kappa shape index (κ1) is 22.9. The number of carbonyl (C=O) groups excluding carboxylic acids is 2. The highest BCUT2D eigenvalue weighted by Gasteiger charge is 2.26. The van der Waals surface area contributed by atoms with E-state index in [9.17, 15) is 9.59 Å². The number of ether oxygens (including phenoxy) is 2. The van der Waals surface area contributed by atoms with Crippen LogP contribution in [0.1, 0.15) is 47.4 Å². The minimum absolute atomic E-state index is 0.0112. The van der Waals surface area contributed by atoms with Gasteiger partial charge in [-0.25, -0.2) is 0 Å². The fourth-order valence-electron chi connectivity index (χ4n) is 3.47. The van der Waals surface area contributed by atoms with Crippen molar-refractivity contribution in [3.63, 3.8) is 0 Å². The third kappa shape index (κ3) is 5.70. The summed E-state index contributed by atoms with van der Waals surface area (Å²) in [4.78, 5) is 29.2.